The molecule has 6 heteroatoms. The molecule has 0 heterocycles. The van der Waals surface area contributed by atoms with Crippen LogP contribution < -0.4 is 0 Å². The fourth-order valence-corrected chi connectivity index (χ4v) is 17.0. The van der Waals surface area contributed by atoms with Crippen molar-refractivity contribution >= 4 is 21.6 Å². The first-order valence-corrected chi connectivity index (χ1v) is 46.4. The first-order chi connectivity index (χ1) is 54.6. The third-order valence-electron chi connectivity index (χ3n) is 23.5. The van der Waals surface area contributed by atoms with Gasteiger partial charge in [0.25, 0.3) is 0 Å². The highest BCUT2D eigenvalue weighted by molar-refractivity contribution is 8.76. The molecule has 0 spiro atoms. The lowest BCUT2D eigenvalue weighted by Gasteiger charge is -2.38. The molecule has 0 saturated carbocycles. The van der Waals surface area contributed by atoms with Crippen LogP contribution >= 0.6 is 21.6 Å². The van der Waals surface area contributed by atoms with Gasteiger partial charge in [0, 0.05) is 35.5 Å². The molecule has 0 N–H and O–H groups in total. The lowest BCUT2D eigenvalue weighted by Crippen LogP contribution is -2.32. The third-order valence-corrected chi connectivity index (χ3v) is 26.1. The number of unbranched alkanes of at least 4 members (excludes halogenated alkanes) is 4. The van der Waals surface area contributed by atoms with Gasteiger partial charge in [-0.3, -0.25) is 0 Å². The van der Waals surface area contributed by atoms with Crippen molar-refractivity contribution in [2.45, 2.75) is 364 Å². The summed E-state index contributed by atoms with van der Waals surface area (Å²) in [7, 11) is 3.65. The quantitative estimate of drug-likeness (QED) is 0.0330. The fraction of sp³-hybridized carbons (Fsp3) is 0.509. The first kappa shape index (κ1) is 97.9. The van der Waals surface area contributed by atoms with Crippen LogP contribution in [0.5, 0.6) is 0 Å². The number of benzene rings is 8. The molecule has 0 aliphatic rings. The molecule has 0 radical (unpaired) electrons. The smallest absolute Gasteiger partial charge is 0.143 e. The van der Waals surface area contributed by atoms with E-state index in [0.29, 0.717) is 12.8 Å². The van der Waals surface area contributed by atoms with E-state index in [4.69, 9.17) is 0 Å². The summed E-state index contributed by atoms with van der Waals surface area (Å²) >= 11 is 0. The van der Waals surface area contributed by atoms with E-state index in [0.717, 1.165) is 137 Å². The predicted octanol–water partition coefficient (Wildman–Crippen LogP) is 31.7. The Morgan fingerprint density at radius 1 is 0.200 bits per heavy atom. The van der Waals surface area contributed by atoms with Gasteiger partial charge in [-0.1, -0.05) is 427 Å². The van der Waals surface area contributed by atoms with E-state index < -0.39 is 34.1 Å². The maximum absolute atomic E-state index is 17.1. The largest absolute Gasteiger partial charge is 0.205 e. The Morgan fingerprint density at radius 2 is 0.350 bits per heavy atom. The number of rotatable bonds is 15. The van der Waals surface area contributed by atoms with Crippen LogP contribution in [-0.4, -0.2) is 11.5 Å². The van der Waals surface area contributed by atoms with Crippen molar-refractivity contribution in [2.75, 3.05) is 11.5 Å². The highest BCUT2D eigenvalue weighted by Crippen LogP contribution is 2.51. The standard InChI is InChI=1S/C114H146F4S2/c1-101(2,3)77-57-78(102(4,5)6)64-89(63-77)113(90-65-79(103(7,8)9)58-80(66-90)104(10,11)12,91-67-81(105(13,14)15)59-82(68-91)106(16,17)18)49-47-95-97(115)53-75(54-98(95)116)45-41-37-39-43-51-119-120-52-44-40-38-42-46-76-55-99(117)96(100(118)56-76)48-50-114(92-69-83(107(19,20)21)60-84(70-92)108(22,23)24,93-71-85(109(25,26)27)61-86(72-93)110(28,29)30)94-73-87(111(31,32)33)62-88(74-94)112(34,35)36/h53-74H,37-40,43-44,51-52H2,1-36H3. The number of hydrogen-bond acceptors (Lipinski definition) is 2. The van der Waals surface area contributed by atoms with Crippen LogP contribution in [0, 0.1) is 70.6 Å². The molecule has 0 aliphatic carbocycles. The van der Waals surface area contributed by atoms with Crippen LogP contribution in [0.25, 0.3) is 0 Å². The SMILES string of the molecule is CC(C)(C)c1cc(C(C)(C)C)cc(C(C#Cc2c(F)cc(C#CCCCCSSCCCCC#Cc3cc(F)c(C#CC(c4cc(C(C)(C)C)cc(C(C)(C)C)c4)(c4cc(C(C)(C)C)cc(C(C)(C)C)c4)c4cc(C(C)(C)C)cc(C(C)(C)C)c4)c(F)c3)cc2F)(c2cc(C(C)(C)C)cc(C(C)(C)C)c2)c2cc(C(C)(C)C)cc(C(C)(C)C)c2)c1. The molecular formula is C114H146F4S2. The molecule has 642 valence electrons. The lowest BCUT2D eigenvalue weighted by molar-refractivity contribution is 0.556. The molecule has 0 unspecified atom stereocenters. The minimum atomic E-state index is -1.23. The Labute approximate surface area is 735 Å². The minimum Gasteiger partial charge on any atom is -0.205 e. The number of hydrogen-bond donors (Lipinski definition) is 0. The van der Waals surface area contributed by atoms with E-state index in [1.54, 1.807) is 0 Å². The molecule has 120 heavy (non-hydrogen) atoms. The van der Waals surface area contributed by atoms with E-state index >= 15 is 17.6 Å². The second-order valence-corrected chi connectivity index (χ2v) is 49.3. The van der Waals surface area contributed by atoms with Crippen LogP contribution in [-0.2, 0) is 75.8 Å². The predicted molar refractivity (Wildman–Crippen MR) is 516 cm³/mol. The molecule has 0 amide bonds. The van der Waals surface area contributed by atoms with Gasteiger partial charge >= 0.3 is 0 Å². The Balaban J connectivity index is 1.02. The highest BCUT2D eigenvalue weighted by atomic mass is 33.1. The Kier molecular flexibility index (Phi) is 29.3. The zero-order valence-corrected chi connectivity index (χ0v) is 82.3. The van der Waals surface area contributed by atoms with Crippen LogP contribution in [0.3, 0.4) is 0 Å². The summed E-state index contributed by atoms with van der Waals surface area (Å²) in [6.45, 7) is 80.9. The van der Waals surface area contributed by atoms with Crippen LogP contribution in [0.2, 0.25) is 0 Å². The summed E-state index contributed by atoms with van der Waals surface area (Å²) in [5.74, 6) is 25.7. The minimum absolute atomic E-state index is 0.249. The van der Waals surface area contributed by atoms with Crippen LogP contribution in [0.15, 0.2) is 133 Å². The second-order valence-electron chi connectivity index (χ2n) is 46.6. The summed E-state index contributed by atoms with van der Waals surface area (Å²) in [5.41, 5.74) is 14.1. The zero-order valence-electron chi connectivity index (χ0n) is 80.7. The molecule has 0 saturated heterocycles. The van der Waals surface area contributed by atoms with Crippen molar-refractivity contribution in [2.24, 2.45) is 0 Å². The van der Waals surface area contributed by atoms with E-state index in [1.807, 2.05) is 21.6 Å². The maximum atomic E-state index is 17.1. The van der Waals surface area contributed by atoms with Crippen molar-refractivity contribution in [3.05, 3.63) is 279 Å². The maximum Gasteiger partial charge on any atom is 0.143 e. The van der Waals surface area contributed by atoms with E-state index in [1.165, 1.54) is 24.3 Å². The van der Waals surface area contributed by atoms with Gasteiger partial charge in [-0.05, 0) is 215 Å². The summed E-state index contributed by atoms with van der Waals surface area (Å²) in [6, 6.07) is 47.1. The molecule has 8 rings (SSSR count). The van der Waals surface area contributed by atoms with Gasteiger partial charge < -0.3 is 0 Å². The van der Waals surface area contributed by atoms with E-state index in [-0.39, 0.29) is 87.2 Å². The van der Waals surface area contributed by atoms with Gasteiger partial charge in [-0.25, -0.2) is 17.6 Å². The van der Waals surface area contributed by atoms with Crippen LogP contribution in [0.4, 0.5) is 17.6 Å². The van der Waals surface area contributed by atoms with Gasteiger partial charge in [0.05, 0.1) is 11.1 Å². The molecule has 0 atom stereocenters. The number of halogens is 4. The van der Waals surface area contributed by atoms with Gasteiger partial charge in [0.15, 0.2) is 0 Å². The second kappa shape index (κ2) is 35.9. The molecule has 8 aromatic carbocycles. The van der Waals surface area contributed by atoms with Crippen molar-refractivity contribution in [3.8, 4) is 47.4 Å². The molecule has 0 fully saturated rings. The van der Waals surface area contributed by atoms with Gasteiger partial charge in [-0.15, -0.1) is 0 Å². The van der Waals surface area contributed by atoms with Crippen molar-refractivity contribution in [3.63, 3.8) is 0 Å². The summed E-state index contributed by atoms with van der Waals surface area (Å²) in [6.07, 6.45) is 4.73. The van der Waals surface area contributed by atoms with E-state index in [9.17, 15) is 0 Å². The molecule has 0 bridgehead atoms. The van der Waals surface area contributed by atoms with Crippen molar-refractivity contribution in [1.82, 2.24) is 0 Å². The van der Waals surface area contributed by atoms with Crippen molar-refractivity contribution < 1.29 is 17.6 Å². The Bertz CT molecular complexity index is 4380. The molecular weight excluding hydrogens is 1510 g/mol. The molecule has 0 aromatic heterocycles. The summed E-state index contributed by atoms with van der Waals surface area (Å²) < 4.78 is 68.3. The average molecular weight is 1660 g/mol. The van der Waals surface area contributed by atoms with Crippen LogP contribution in [0.1, 0.15) is 410 Å². The molecule has 0 nitrogen and oxygen atoms in total. The average Bonchev–Trinajstić information content (AvgIpc) is 0.726. The molecule has 0 aliphatic heterocycles. The summed E-state index contributed by atoms with van der Waals surface area (Å²) in [5, 5.41) is 0. The Hall–Kier alpha value is -7.58. The lowest BCUT2D eigenvalue weighted by atomic mass is 9.64. The van der Waals surface area contributed by atoms with Gasteiger partial charge in [0.2, 0.25) is 0 Å². The Morgan fingerprint density at radius 3 is 0.500 bits per heavy atom. The van der Waals surface area contributed by atoms with Gasteiger partial charge in [0.1, 0.15) is 34.1 Å². The normalized spacial score (nSPS) is 13.2. The van der Waals surface area contributed by atoms with Crippen molar-refractivity contribution in [1.29, 1.82) is 0 Å². The van der Waals surface area contributed by atoms with Gasteiger partial charge in [-0.2, -0.15) is 0 Å². The third kappa shape index (κ3) is 24.3. The zero-order chi connectivity index (χ0) is 90.3. The van der Waals surface area contributed by atoms with E-state index in [2.05, 4.69) is 406 Å². The summed E-state index contributed by atoms with van der Waals surface area (Å²) in [4.78, 5) is 0. The fourth-order valence-electron chi connectivity index (χ4n) is 14.7. The first-order valence-electron chi connectivity index (χ1n) is 43.9. The monoisotopic (exact) mass is 1660 g/mol. The highest BCUT2D eigenvalue weighted by Gasteiger charge is 2.44. The molecule has 8 aromatic rings. The topological polar surface area (TPSA) is 0 Å².